The van der Waals surface area contributed by atoms with Crippen LogP contribution in [-0.2, 0) is 12.8 Å². The number of fused-ring (bicyclic) bond motifs is 1. The monoisotopic (exact) mass is 225 g/mol. The van der Waals surface area contributed by atoms with Gasteiger partial charge in [0.1, 0.15) is 12.1 Å². The second kappa shape index (κ2) is 4.17. The largest absolute Gasteiger partial charge is 0.384 e. The molecule has 2 N–H and O–H groups in total. The third kappa shape index (κ3) is 2.00. The van der Waals surface area contributed by atoms with Crippen LogP contribution >= 0.6 is 0 Å². The normalized spacial score (nSPS) is 14.4. The standard InChI is InChI=1S/C14H15N3/c15-14-8-13(16-9-17-14)12-6-5-10-3-1-2-4-11(10)7-12/h5-9H,1-4H2,(H2,15,16,17). The predicted molar refractivity (Wildman–Crippen MR) is 68.5 cm³/mol. The van der Waals surface area contributed by atoms with Crippen molar-refractivity contribution in [1.29, 1.82) is 0 Å². The molecule has 0 spiro atoms. The van der Waals surface area contributed by atoms with Gasteiger partial charge in [0.25, 0.3) is 0 Å². The second-order valence-electron chi connectivity index (χ2n) is 4.52. The maximum atomic E-state index is 5.68. The van der Waals surface area contributed by atoms with E-state index < -0.39 is 0 Å². The third-order valence-corrected chi connectivity index (χ3v) is 3.33. The van der Waals surface area contributed by atoms with Crippen LogP contribution in [0.2, 0.25) is 0 Å². The molecule has 0 bridgehead atoms. The molecule has 1 aliphatic carbocycles. The van der Waals surface area contributed by atoms with Gasteiger partial charge in [-0.1, -0.05) is 12.1 Å². The van der Waals surface area contributed by atoms with Crippen molar-refractivity contribution in [3.8, 4) is 11.3 Å². The van der Waals surface area contributed by atoms with E-state index in [0.29, 0.717) is 5.82 Å². The molecule has 0 saturated carbocycles. The lowest BCUT2D eigenvalue weighted by atomic mass is 9.90. The molecule has 2 aromatic rings. The molecule has 3 heteroatoms. The maximum absolute atomic E-state index is 5.68. The summed E-state index contributed by atoms with van der Waals surface area (Å²) >= 11 is 0. The molecule has 0 amide bonds. The lowest BCUT2D eigenvalue weighted by Gasteiger charge is -2.16. The highest BCUT2D eigenvalue weighted by Crippen LogP contribution is 2.26. The summed E-state index contributed by atoms with van der Waals surface area (Å²) in [5, 5.41) is 0. The molecule has 1 aromatic carbocycles. The molecule has 0 radical (unpaired) electrons. The van der Waals surface area contributed by atoms with E-state index in [0.717, 1.165) is 11.3 Å². The second-order valence-corrected chi connectivity index (χ2v) is 4.52. The number of aromatic nitrogens is 2. The van der Waals surface area contributed by atoms with Crippen LogP contribution in [0.1, 0.15) is 24.0 Å². The Labute approximate surface area is 101 Å². The molecule has 1 aromatic heterocycles. The van der Waals surface area contributed by atoms with E-state index in [4.69, 9.17) is 5.73 Å². The van der Waals surface area contributed by atoms with Crippen LogP contribution in [0.5, 0.6) is 0 Å². The Kier molecular flexibility index (Phi) is 2.52. The van der Waals surface area contributed by atoms with Gasteiger partial charge in [-0.3, -0.25) is 0 Å². The summed E-state index contributed by atoms with van der Waals surface area (Å²) in [6.07, 6.45) is 6.52. The van der Waals surface area contributed by atoms with Crippen LogP contribution in [0, 0.1) is 0 Å². The summed E-state index contributed by atoms with van der Waals surface area (Å²) in [6.45, 7) is 0. The minimum Gasteiger partial charge on any atom is -0.384 e. The Bertz CT molecular complexity index is 549. The number of nitrogens with zero attached hydrogens (tertiary/aromatic N) is 2. The van der Waals surface area contributed by atoms with E-state index in [1.165, 1.54) is 43.1 Å². The van der Waals surface area contributed by atoms with E-state index in [1.807, 2.05) is 6.07 Å². The third-order valence-electron chi connectivity index (χ3n) is 3.33. The molecule has 17 heavy (non-hydrogen) atoms. The fraction of sp³-hybridized carbons (Fsp3) is 0.286. The minimum atomic E-state index is 0.521. The van der Waals surface area contributed by atoms with Gasteiger partial charge in [0.15, 0.2) is 0 Å². The Morgan fingerprint density at radius 3 is 2.59 bits per heavy atom. The number of nitrogen functional groups attached to an aromatic ring is 1. The molecule has 0 unspecified atom stereocenters. The SMILES string of the molecule is Nc1cc(-c2ccc3c(c2)CCCC3)ncn1. The predicted octanol–water partition coefficient (Wildman–Crippen LogP) is 2.60. The van der Waals surface area contributed by atoms with Gasteiger partial charge in [-0.05, 0) is 42.9 Å². The average Bonchev–Trinajstić information content (AvgIpc) is 2.38. The zero-order chi connectivity index (χ0) is 11.7. The summed E-state index contributed by atoms with van der Waals surface area (Å²) in [4.78, 5) is 8.19. The summed E-state index contributed by atoms with van der Waals surface area (Å²) in [7, 11) is 0. The number of aryl methyl sites for hydroxylation is 2. The van der Waals surface area contributed by atoms with Crippen molar-refractivity contribution in [3.63, 3.8) is 0 Å². The van der Waals surface area contributed by atoms with Gasteiger partial charge < -0.3 is 5.73 Å². The topological polar surface area (TPSA) is 51.8 Å². The van der Waals surface area contributed by atoms with Crippen LogP contribution < -0.4 is 5.73 Å². The first kappa shape index (κ1) is 10.3. The smallest absolute Gasteiger partial charge is 0.127 e. The Morgan fingerprint density at radius 2 is 1.76 bits per heavy atom. The number of anilines is 1. The summed E-state index contributed by atoms with van der Waals surface area (Å²) < 4.78 is 0. The zero-order valence-corrected chi connectivity index (χ0v) is 9.69. The molecule has 86 valence electrons. The molecule has 0 fully saturated rings. The van der Waals surface area contributed by atoms with E-state index >= 15 is 0 Å². The summed E-state index contributed by atoms with van der Waals surface area (Å²) in [5.74, 6) is 0.521. The number of nitrogens with two attached hydrogens (primary N) is 1. The van der Waals surface area contributed by atoms with Gasteiger partial charge in [-0.2, -0.15) is 0 Å². The first-order valence-electron chi connectivity index (χ1n) is 6.02. The van der Waals surface area contributed by atoms with Gasteiger partial charge in [-0.15, -0.1) is 0 Å². The Hall–Kier alpha value is -1.90. The number of benzene rings is 1. The molecule has 0 saturated heterocycles. The molecule has 3 rings (SSSR count). The fourth-order valence-corrected chi connectivity index (χ4v) is 2.42. The minimum absolute atomic E-state index is 0.521. The van der Waals surface area contributed by atoms with Crippen molar-refractivity contribution in [3.05, 3.63) is 41.7 Å². The van der Waals surface area contributed by atoms with Crippen LogP contribution in [0.15, 0.2) is 30.6 Å². The summed E-state index contributed by atoms with van der Waals surface area (Å²) in [5.41, 5.74) is 10.7. The molecule has 0 atom stereocenters. The van der Waals surface area contributed by atoms with Crippen molar-refractivity contribution in [2.24, 2.45) is 0 Å². The van der Waals surface area contributed by atoms with Crippen molar-refractivity contribution in [1.82, 2.24) is 9.97 Å². The molecule has 1 heterocycles. The highest BCUT2D eigenvalue weighted by molar-refractivity contribution is 5.63. The van der Waals surface area contributed by atoms with Crippen LogP contribution in [0.3, 0.4) is 0 Å². The van der Waals surface area contributed by atoms with Crippen molar-refractivity contribution in [2.45, 2.75) is 25.7 Å². The van der Waals surface area contributed by atoms with Crippen LogP contribution in [-0.4, -0.2) is 9.97 Å². The van der Waals surface area contributed by atoms with Crippen LogP contribution in [0.25, 0.3) is 11.3 Å². The van der Waals surface area contributed by atoms with Gasteiger partial charge in [0.2, 0.25) is 0 Å². The molecule has 0 aliphatic heterocycles. The van der Waals surface area contributed by atoms with Gasteiger partial charge in [0.05, 0.1) is 5.69 Å². The molecule has 3 nitrogen and oxygen atoms in total. The average molecular weight is 225 g/mol. The van der Waals surface area contributed by atoms with Crippen LogP contribution in [0.4, 0.5) is 5.82 Å². The highest BCUT2D eigenvalue weighted by atomic mass is 14.9. The molecular formula is C14H15N3. The number of hydrogen-bond acceptors (Lipinski definition) is 3. The van der Waals surface area contributed by atoms with Gasteiger partial charge >= 0.3 is 0 Å². The van der Waals surface area contributed by atoms with Crippen molar-refractivity contribution in [2.75, 3.05) is 5.73 Å². The number of rotatable bonds is 1. The quantitative estimate of drug-likeness (QED) is 0.811. The van der Waals surface area contributed by atoms with E-state index in [-0.39, 0.29) is 0 Å². The maximum Gasteiger partial charge on any atom is 0.127 e. The van der Waals surface area contributed by atoms with E-state index in [9.17, 15) is 0 Å². The lowest BCUT2D eigenvalue weighted by Crippen LogP contribution is -2.02. The van der Waals surface area contributed by atoms with Gasteiger partial charge in [-0.25, -0.2) is 9.97 Å². The molecular weight excluding hydrogens is 210 g/mol. The first-order valence-corrected chi connectivity index (χ1v) is 6.02. The van der Waals surface area contributed by atoms with E-state index in [1.54, 1.807) is 0 Å². The molecule has 1 aliphatic rings. The Balaban J connectivity index is 2.04. The Morgan fingerprint density at radius 1 is 0.941 bits per heavy atom. The van der Waals surface area contributed by atoms with Crippen molar-refractivity contribution >= 4 is 5.82 Å². The lowest BCUT2D eigenvalue weighted by molar-refractivity contribution is 0.686. The first-order chi connectivity index (χ1) is 8.33. The van der Waals surface area contributed by atoms with E-state index in [2.05, 4.69) is 28.2 Å². The van der Waals surface area contributed by atoms with Gasteiger partial charge in [0, 0.05) is 11.6 Å². The number of hydrogen-bond donors (Lipinski definition) is 1. The fourth-order valence-electron chi connectivity index (χ4n) is 2.42. The highest BCUT2D eigenvalue weighted by Gasteiger charge is 2.10. The zero-order valence-electron chi connectivity index (χ0n) is 9.69. The summed E-state index contributed by atoms with van der Waals surface area (Å²) in [6, 6.07) is 8.43. The van der Waals surface area contributed by atoms with Crippen molar-refractivity contribution < 1.29 is 0 Å².